The third-order valence-electron chi connectivity index (χ3n) is 4.65. The highest BCUT2D eigenvalue weighted by molar-refractivity contribution is 5.92. The first-order valence-electron chi connectivity index (χ1n) is 9.17. The molecule has 0 saturated heterocycles. The molecule has 0 aliphatic heterocycles. The van der Waals surface area contributed by atoms with Crippen LogP contribution in [0.15, 0.2) is 42.5 Å². The number of anilines is 1. The number of rotatable bonds is 5. The SMILES string of the molecule is Cc1cccc(C(C)C)c1NC(=O)CCc1ccc(C(C)(C)C)cc1. The van der Waals surface area contributed by atoms with E-state index in [1.165, 1.54) is 16.7 Å². The molecule has 0 aliphatic carbocycles. The summed E-state index contributed by atoms with van der Waals surface area (Å²) >= 11 is 0. The van der Waals surface area contributed by atoms with Gasteiger partial charge in [-0.1, -0.05) is 77.1 Å². The van der Waals surface area contributed by atoms with Gasteiger partial charge in [0.05, 0.1) is 0 Å². The van der Waals surface area contributed by atoms with Crippen molar-refractivity contribution in [3.05, 3.63) is 64.7 Å². The second-order valence-corrected chi connectivity index (χ2v) is 8.19. The molecule has 0 saturated carbocycles. The van der Waals surface area contributed by atoms with E-state index in [0.29, 0.717) is 12.3 Å². The van der Waals surface area contributed by atoms with E-state index in [1.54, 1.807) is 0 Å². The molecule has 2 aromatic carbocycles. The molecular formula is C23H31NO. The maximum absolute atomic E-state index is 12.4. The van der Waals surface area contributed by atoms with Gasteiger partial charge in [0.15, 0.2) is 0 Å². The Balaban J connectivity index is 2.00. The highest BCUT2D eigenvalue weighted by Gasteiger charge is 2.14. The minimum Gasteiger partial charge on any atom is -0.326 e. The van der Waals surface area contributed by atoms with Gasteiger partial charge in [0.25, 0.3) is 0 Å². The Morgan fingerprint density at radius 3 is 2.24 bits per heavy atom. The molecule has 2 nitrogen and oxygen atoms in total. The van der Waals surface area contributed by atoms with Gasteiger partial charge in [-0.3, -0.25) is 4.79 Å². The molecule has 0 aromatic heterocycles. The largest absolute Gasteiger partial charge is 0.326 e. The van der Waals surface area contributed by atoms with E-state index < -0.39 is 0 Å². The molecule has 25 heavy (non-hydrogen) atoms. The zero-order valence-electron chi connectivity index (χ0n) is 16.4. The normalized spacial score (nSPS) is 11.6. The molecule has 0 radical (unpaired) electrons. The van der Waals surface area contributed by atoms with Crippen molar-refractivity contribution in [2.24, 2.45) is 0 Å². The monoisotopic (exact) mass is 337 g/mol. The standard InChI is InChI=1S/C23H31NO/c1-16(2)20-9-7-8-17(3)22(20)24-21(25)15-12-18-10-13-19(14-11-18)23(4,5)6/h7-11,13-14,16H,12,15H2,1-6H3,(H,24,25). The van der Waals surface area contributed by atoms with E-state index >= 15 is 0 Å². The van der Waals surface area contributed by atoms with E-state index in [9.17, 15) is 4.79 Å². The van der Waals surface area contributed by atoms with Crippen LogP contribution in [-0.4, -0.2) is 5.91 Å². The number of nitrogens with one attached hydrogen (secondary N) is 1. The average Bonchev–Trinajstić information content (AvgIpc) is 2.54. The lowest BCUT2D eigenvalue weighted by Crippen LogP contribution is -2.15. The van der Waals surface area contributed by atoms with E-state index in [1.807, 2.05) is 13.0 Å². The number of carbonyl (C=O) groups is 1. The predicted molar refractivity (Wildman–Crippen MR) is 107 cm³/mol. The molecule has 0 spiro atoms. The molecule has 0 fully saturated rings. The van der Waals surface area contributed by atoms with E-state index in [4.69, 9.17) is 0 Å². The van der Waals surface area contributed by atoms with Crippen LogP contribution in [0.5, 0.6) is 0 Å². The molecule has 0 unspecified atom stereocenters. The minimum absolute atomic E-state index is 0.0797. The van der Waals surface area contributed by atoms with Gasteiger partial charge in [0, 0.05) is 12.1 Å². The van der Waals surface area contributed by atoms with E-state index in [2.05, 4.69) is 76.3 Å². The van der Waals surface area contributed by atoms with Gasteiger partial charge in [-0.05, 0) is 46.9 Å². The number of para-hydroxylation sites is 1. The van der Waals surface area contributed by atoms with Crippen molar-refractivity contribution in [3.8, 4) is 0 Å². The first kappa shape index (κ1) is 19.2. The minimum atomic E-state index is 0.0797. The van der Waals surface area contributed by atoms with Gasteiger partial charge in [-0.15, -0.1) is 0 Å². The molecule has 0 aliphatic rings. The number of amides is 1. The number of hydrogen-bond acceptors (Lipinski definition) is 1. The summed E-state index contributed by atoms with van der Waals surface area (Å²) in [7, 11) is 0. The van der Waals surface area contributed by atoms with Crippen LogP contribution in [0.3, 0.4) is 0 Å². The predicted octanol–water partition coefficient (Wildman–Crippen LogP) is 5.99. The molecule has 1 amide bonds. The first-order chi connectivity index (χ1) is 11.7. The third-order valence-corrected chi connectivity index (χ3v) is 4.65. The summed E-state index contributed by atoms with van der Waals surface area (Å²) in [5.74, 6) is 0.469. The van der Waals surface area contributed by atoms with Gasteiger partial charge >= 0.3 is 0 Å². The smallest absolute Gasteiger partial charge is 0.224 e. The summed E-state index contributed by atoms with van der Waals surface area (Å²) in [4.78, 5) is 12.4. The van der Waals surface area contributed by atoms with Crippen molar-refractivity contribution in [1.29, 1.82) is 0 Å². The summed E-state index contributed by atoms with van der Waals surface area (Å²) in [6.07, 6.45) is 1.26. The van der Waals surface area contributed by atoms with Crippen LogP contribution < -0.4 is 5.32 Å². The van der Waals surface area contributed by atoms with Gasteiger partial charge in [-0.25, -0.2) is 0 Å². The summed E-state index contributed by atoms with van der Waals surface area (Å²) in [5, 5.41) is 3.13. The summed E-state index contributed by atoms with van der Waals surface area (Å²) in [5.41, 5.74) is 5.98. The molecule has 0 atom stereocenters. The van der Waals surface area contributed by atoms with Crippen LogP contribution in [0.2, 0.25) is 0 Å². The van der Waals surface area contributed by atoms with Crippen molar-refractivity contribution < 1.29 is 4.79 Å². The van der Waals surface area contributed by atoms with Crippen LogP contribution in [-0.2, 0) is 16.6 Å². The fourth-order valence-corrected chi connectivity index (χ4v) is 2.97. The Labute approximate surface area is 152 Å². The summed E-state index contributed by atoms with van der Waals surface area (Å²) < 4.78 is 0. The van der Waals surface area contributed by atoms with Crippen LogP contribution >= 0.6 is 0 Å². The second-order valence-electron chi connectivity index (χ2n) is 8.19. The molecular weight excluding hydrogens is 306 g/mol. The Bertz CT molecular complexity index is 721. The van der Waals surface area contributed by atoms with Crippen LogP contribution in [0, 0.1) is 6.92 Å². The number of hydrogen-bond donors (Lipinski definition) is 1. The van der Waals surface area contributed by atoms with E-state index in [-0.39, 0.29) is 11.3 Å². The molecule has 1 N–H and O–H groups in total. The van der Waals surface area contributed by atoms with Crippen molar-refractivity contribution in [2.45, 2.75) is 65.7 Å². The van der Waals surface area contributed by atoms with Gasteiger partial charge in [-0.2, -0.15) is 0 Å². The first-order valence-corrected chi connectivity index (χ1v) is 9.17. The van der Waals surface area contributed by atoms with Crippen LogP contribution in [0.1, 0.15) is 69.2 Å². The molecule has 0 bridgehead atoms. The van der Waals surface area contributed by atoms with Crippen molar-refractivity contribution >= 4 is 11.6 Å². The fraction of sp³-hybridized carbons (Fsp3) is 0.435. The highest BCUT2D eigenvalue weighted by atomic mass is 16.1. The Morgan fingerprint density at radius 1 is 1.04 bits per heavy atom. The fourth-order valence-electron chi connectivity index (χ4n) is 2.97. The van der Waals surface area contributed by atoms with Gasteiger partial charge in [0.2, 0.25) is 5.91 Å². The molecule has 2 aromatic rings. The number of benzene rings is 2. The highest BCUT2D eigenvalue weighted by Crippen LogP contribution is 2.27. The lowest BCUT2D eigenvalue weighted by Gasteiger charge is -2.19. The van der Waals surface area contributed by atoms with Crippen LogP contribution in [0.4, 0.5) is 5.69 Å². The third kappa shape index (κ3) is 5.19. The van der Waals surface area contributed by atoms with Crippen molar-refractivity contribution in [3.63, 3.8) is 0 Å². The molecule has 2 rings (SSSR count). The summed E-state index contributed by atoms with van der Waals surface area (Å²) in [6.45, 7) is 13.0. The van der Waals surface area contributed by atoms with Crippen molar-refractivity contribution in [2.75, 3.05) is 5.32 Å². The lowest BCUT2D eigenvalue weighted by molar-refractivity contribution is -0.116. The van der Waals surface area contributed by atoms with Crippen molar-refractivity contribution in [1.82, 2.24) is 0 Å². The maximum Gasteiger partial charge on any atom is 0.224 e. The molecule has 2 heteroatoms. The van der Waals surface area contributed by atoms with Gasteiger partial charge in [0.1, 0.15) is 0 Å². The zero-order chi connectivity index (χ0) is 18.6. The van der Waals surface area contributed by atoms with Gasteiger partial charge < -0.3 is 5.32 Å². The van der Waals surface area contributed by atoms with E-state index in [0.717, 1.165) is 17.7 Å². The average molecular weight is 338 g/mol. The zero-order valence-corrected chi connectivity index (χ0v) is 16.4. The number of aryl methyl sites for hydroxylation is 2. The number of carbonyl (C=O) groups excluding carboxylic acids is 1. The Morgan fingerprint density at radius 2 is 1.68 bits per heavy atom. The second kappa shape index (κ2) is 7.86. The lowest BCUT2D eigenvalue weighted by atomic mass is 9.86. The summed E-state index contributed by atoms with van der Waals surface area (Å²) in [6, 6.07) is 14.8. The Hall–Kier alpha value is -2.09. The van der Waals surface area contributed by atoms with Crippen LogP contribution in [0.25, 0.3) is 0 Å². The maximum atomic E-state index is 12.4. The Kier molecular flexibility index (Phi) is 6.05. The molecule has 134 valence electrons. The molecule has 0 heterocycles. The topological polar surface area (TPSA) is 29.1 Å². The quantitative estimate of drug-likeness (QED) is 0.713.